The molecule has 6 heteroatoms. The van der Waals surface area contributed by atoms with Gasteiger partial charge in [0.25, 0.3) is 5.24 Å². The number of aryl methyl sites for hydroxylation is 1. The van der Waals surface area contributed by atoms with Crippen molar-refractivity contribution in [2.45, 2.75) is 24.3 Å². The van der Waals surface area contributed by atoms with E-state index in [1.807, 2.05) is 48.8 Å². The first-order chi connectivity index (χ1) is 12.6. The Balaban J connectivity index is 1.71. The predicted molar refractivity (Wildman–Crippen MR) is 104 cm³/mol. The summed E-state index contributed by atoms with van der Waals surface area (Å²) < 4.78 is 2.32. The lowest BCUT2D eigenvalue weighted by atomic mass is 10.1. The SMILES string of the molecule is CN(C)C(=O)Sc1ccc(-c2nc3n(c2-c2ccncc2)CCC3)cc1. The maximum Gasteiger partial charge on any atom is 0.285 e. The normalized spacial score (nSPS) is 12.8. The van der Waals surface area contributed by atoms with Crippen molar-refractivity contribution in [3.8, 4) is 22.5 Å². The van der Waals surface area contributed by atoms with Gasteiger partial charge in [0.05, 0.1) is 11.4 Å². The van der Waals surface area contributed by atoms with Crippen LogP contribution in [0.1, 0.15) is 12.2 Å². The van der Waals surface area contributed by atoms with Crippen LogP contribution >= 0.6 is 11.8 Å². The molecule has 0 N–H and O–H groups in total. The molecule has 3 heterocycles. The molecule has 0 spiro atoms. The van der Waals surface area contributed by atoms with Gasteiger partial charge in [0.1, 0.15) is 5.82 Å². The van der Waals surface area contributed by atoms with Gasteiger partial charge < -0.3 is 9.47 Å². The molecule has 0 unspecified atom stereocenters. The lowest BCUT2D eigenvalue weighted by molar-refractivity contribution is 0.241. The molecule has 2 aromatic heterocycles. The number of fused-ring (bicyclic) bond motifs is 1. The zero-order valence-corrected chi connectivity index (χ0v) is 15.7. The minimum atomic E-state index is 0.0243. The summed E-state index contributed by atoms with van der Waals surface area (Å²) in [4.78, 5) is 23.4. The molecule has 132 valence electrons. The number of carbonyl (C=O) groups excluding carboxylic acids is 1. The standard InChI is InChI=1S/C20H20N4OS/c1-23(2)20(25)26-16-7-5-14(6-8-16)18-19(15-9-11-21-12-10-15)24-13-3-4-17(24)22-18/h5-12H,3-4,13H2,1-2H3. The number of thioether (sulfide) groups is 1. The summed E-state index contributed by atoms with van der Waals surface area (Å²) in [5, 5.41) is 0.0243. The number of hydrogen-bond donors (Lipinski definition) is 0. The average Bonchev–Trinajstić information content (AvgIpc) is 3.24. The van der Waals surface area contributed by atoms with Crippen LogP contribution < -0.4 is 0 Å². The highest BCUT2D eigenvalue weighted by molar-refractivity contribution is 8.13. The van der Waals surface area contributed by atoms with Gasteiger partial charge in [-0.2, -0.15) is 0 Å². The second-order valence-corrected chi connectivity index (χ2v) is 7.53. The van der Waals surface area contributed by atoms with E-state index < -0.39 is 0 Å². The van der Waals surface area contributed by atoms with E-state index in [2.05, 4.69) is 9.55 Å². The van der Waals surface area contributed by atoms with Crippen molar-refractivity contribution in [3.05, 3.63) is 54.6 Å². The van der Waals surface area contributed by atoms with E-state index in [0.717, 1.165) is 52.6 Å². The molecule has 26 heavy (non-hydrogen) atoms. The number of carbonyl (C=O) groups is 1. The summed E-state index contributed by atoms with van der Waals surface area (Å²) in [5.74, 6) is 1.15. The molecule has 1 aliphatic heterocycles. The number of rotatable bonds is 3. The molecular formula is C20H20N4OS. The monoisotopic (exact) mass is 364 g/mol. The van der Waals surface area contributed by atoms with E-state index in [9.17, 15) is 4.79 Å². The smallest absolute Gasteiger partial charge is 0.285 e. The molecule has 0 bridgehead atoms. The number of hydrogen-bond acceptors (Lipinski definition) is 4. The maximum atomic E-state index is 11.9. The third-order valence-corrected chi connectivity index (χ3v) is 5.53. The average molecular weight is 364 g/mol. The molecule has 0 saturated carbocycles. The van der Waals surface area contributed by atoms with Crippen LogP contribution in [0.4, 0.5) is 4.79 Å². The zero-order valence-electron chi connectivity index (χ0n) is 14.8. The van der Waals surface area contributed by atoms with Crippen LogP contribution in [0, 0.1) is 0 Å². The van der Waals surface area contributed by atoms with Crippen molar-refractivity contribution >= 4 is 17.0 Å². The van der Waals surface area contributed by atoms with Gasteiger partial charge in [-0.25, -0.2) is 4.98 Å². The van der Waals surface area contributed by atoms with Gasteiger partial charge in [-0.1, -0.05) is 12.1 Å². The highest BCUT2D eigenvalue weighted by atomic mass is 32.2. The molecule has 1 aromatic carbocycles. The third kappa shape index (κ3) is 3.12. The molecular weight excluding hydrogens is 344 g/mol. The van der Waals surface area contributed by atoms with Gasteiger partial charge in [0.2, 0.25) is 0 Å². The highest BCUT2D eigenvalue weighted by Crippen LogP contribution is 2.36. The number of pyridine rings is 1. The van der Waals surface area contributed by atoms with Crippen LogP contribution in [0.25, 0.3) is 22.5 Å². The van der Waals surface area contributed by atoms with Crippen molar-refractivity contribution < 1.29 is 4.79 Å². The molecule has 1 amide bonds. The van der Waals surface area contributed by atoms with Crippen molar-refractivity contribution in [1.82, 2.24) is 19.4 Å². The van der Waals surface area contributed by atoms with Crippen molar-refractivity contribution in [3.63, 3.8) is 0 Å². The number of amides is 1. The minimum absolute atomic E-state index is 0.0243. The Kier molecular flexibility index (Phi) is 4.51. The first kappa shape index (κ1) is 16.8. The number of benzene rings is 1. The summed E-state index contributed by atoms with van der Waals surface area (Å²) in [6, 6.07) is 12.1. The Morgan fingerprint density at radius 1 is 1.08 bits per heavy atom. The number of nitrogens with zero attached hydrogens (tertiary/aromatic N) is 4. The van der Waals surface area contributed by atoms with E-state index in [1.165, 1.54) is 11.8 Å². The Morgan fingerprint density at radius 2 is 1.81 bits per heavy atom. The minimum Gasteiger partial charge on any atom is -0.339 e. The molecule has 0 atom stereocenters. The van der Waals surface area contributed by atoms with Crippen LogP contribution in [0.15, 0.2) is 53.7 Å². The molecule has 0 radical (unpaired) electrons. The number of aromatic nitrogens is 3. The second kappa shape index (κ2) is 6.96. The van der Waals surface area contributed by atoms with Crippen LogP contribution in [0.3, 0.4) is 0 Å². The molecule has 0 saturated heterocycles. The molecule has 5 nitrogen and oxygen atoms in total. The van der Waals surface area contributed by atoms with Crippen LogP contribution in [0.2, 0.25) is 0 Å². The van der Waals surface area contributed by atoms with E-state index in [0.29, 0.717) is 0 Å². The predicted octanol–water partition coefficient (Wildman–Crippen LogP) is 4.33. The summed E-state index contributed by atoms with van der Waals surface area (Å²) in [6.07, 6.45) is 5.80. The first-order valence-electron chi connectivity index (χ1n) is 8.63. The van der Waals surface area contributed by atoms with Crippen LogP contribution in [-0.4, -0.2) is 38.8 Å². The van der Waals surface area contributed by atoms with E-state index in [1.54, 1.807) is 19.0 Å². The summed E-state index contributed by atoms with van der Waals surface area (Å²) in [7, 11) is 3.52. The Labute approximate surface area is 157 Å². The van der Waals surface area contributed by atoms with Crippen LogP contribution in [0.5, 0.6) is 0 Å². The maximum absolute atomic E-state index is 11.9. The van der Waals surface area contributed by atoms with Crippen molar-refractivity contribution in [1.29, 1.82) is 0 Å². The summed E-state index contributed by atoms with van der Waals surface area (Å²) >= 11 is 1.23. The van der Waals surface area contributed by atoms with Gasteiger partial charge >= 0.3 is 0 Å². The summed E-state index contributed by atoms with van der Waals surface area (Å²) in [6.45, 7) is 1.01. The van der Waals surface area contributed by atoms with Crippen LogP contribution in [-0.2, 0) is 13.0 Å². The number of imidazole rings is 1. The fourth-order valence-corrected chi connectivity index (χ4v) is 3.86. The van der Waals surface area contributed by atoms with E-state index in [-0.39, 0.29) is 5.24 Å². The van der Waals surface area contributed by atoms with Gasteiger partial charge in [-0.3, -0.25) is 9.78 Å². The highest BCUT2D eigenvalue weighted by Gasteiger charge is 2.23. The zero-order chi connectivity index (χ0) is 18.1. The molecule has 0 fully saturated rings. The molecule has 0 aliphatic carbocycles. The Morgan fingerprint density at radius 3 is 2.50 bits per heavy atom. The first-order valence-corrected chi connectivity index (χ1v) is 9.44. The fourth-order valence-electron chi connectivity index (χ4n) is 3.20. The fraction of sp³-hybridized carbons (Fsp3) is 0.250. The van der Waals surface area contributed by atoms with Crippen molar-refractivity contribution in [2.75, 3.05) is 14.1 Å². The van der Waals surface area contributed by atoms with E-state index in [4.69, 9.17) is 4.98 Å². The topological polar surface area (TPSA) is 51.0 Å². The molecule has 1 aliphatic rings. The lowest BCUT2D eigenvalue weighted by Crippen LogP contribution is -2.15. The Bertz CT molecular complexity index is 932. The lowest BCUT2D eigenvalue weighted by Gasteiger charge is -2.10. The van der Waals surface area contributed by atoms with Gasteiger partial charge in [0.15, 0.2) is 0 Å². The van der Waals surface area contributed by atoms with Crippen molar-refractivity contribution in [2.24, 2.45) is 0 Å². The quantitative estimate of drug-likeness (QED) is 0.649. The Hall–Kier alpha value is -2.60. The largest absolute Gasteiger partial charge is 0.339 e. The van der Waals surface area contributed by atoms with Gasteiger partial charge in [-0.05, 0) is 42.4 Å². The second-order valence-electron chi connectivity index (χ2n) is 6.50. The summed E-state index contributed by atoms with van der Waals surface area (Å²) in [5.41, 5.74) is 4.36. The molecule has 3 aromatic rings. The molecule has 4 rings (SSSR count). The van der Waals surface area contributed by atoms with Gasteiger partial charge in [-0.15, -0.1) is 0 Å². The van der Waals surface area contributed by atoms with E-state index >= 15 is 0 Å². The third-order valence-electron chi connectivity index (χ3n) is 4.48. The van der Waals surface area contributed by atoms with Gasteiger partial charge in [0, 0.05) is 55.5 Å².